The van der Waals surface area contributed by atoms with Crippen molar-refractivity contribution in [2.24, 2.45) is 5.41 Å². The van der Waals surface area contributed by atoms with Crippen molar-refractivity contribution in [3.63, 3.8) is 0 Å². The Morgan fingerprint density at radius 2 is 1.90 bits per heavy atom. The maximum absolute atomic E-state index is 12.0. The number of aliphatic hydroxyl groups is 1. The van der Waals surface area contributed by atoms with Gasteiger partial charge in [-0.05, 0) is 26.2 Å². The molecule has 6 nitrogen and oxygen atoms in total. The number of aliphatic carboxylic acids is 1. The molecule has 1 atom stereocenters. The minimum absolute atomic E-state index is 0.0838. The first-order valence-electron chi connectivity index (χ1n) is 7.17. The van der Waals surface area contributed by atoms with Crippen molar-refractivity contribution < 1.29 is 19.8 Å². The smallest absolute Gasteiger partial charge is 0.317 e. The molecule has 0 saturated heterocycles. The molecule has 1 aliphatic carbocycles. The Kier molecular flexibility index (Phi) is 5.39. The predicted molar refractivity (Wildman–Crippen MR) is 75.5 cm³/mol. The lowest BCUT2D eigenvalue weighted by atomic mass is 9.88. The quantitative estimate of drug-likeness (QED) is 0.689. The summed E-state index contributed by atoms with van der Waals surface area (Å²) in [6, 6.07) is -0.341. The molecular formula is C14H26N2O4. The largest absolute Gasteiger partial charge is 0.481 e. The first kappa shape index (κ1) is 16.8. The van der Waals surface area contributed by atoms with Gasteiger partial charge in [0.15, 0.2) is 0 Å². The van der Waals surface area contributed by atoms with Crippen molar-refractivity contribution in [2.75, 3.05) is 20.1 Å². The van der Waals surface area contributed by atoms with E-state index in [1.54, 1.807) is 20.9 Å². The van der Waals surface area contributed by atoms with Crippen LogP contribution in [0.1, 0.15) is 46.0 Å². The van der Waals surface area contributed by atoms with E-state index in [1.807, 2.05) is 0 Å². The van der Waals surface area contributed by atoms with Crippen LogP contribution in [-0.4, -0.2) is 52.9 Å². The van der Waals surface area contributed by atoms with Crippen LogP contribution in [0.4, 0.5) is 4.79 Å². The molecule has 20 heavy (non-hydrogen) atoms. The van der Waals surface area contributed by atoms with Crippen LogP contribution in [-0.2, 0) is 4.79 Å². The number of nitrogens with zero attached hydrogens (tertiary/aromatic N) is 1. The van der Waals surface area contributed by atoms with Gasteiger partial charge in [-0.15, -0.1) is 0 Å². The second-order valence-electron chi connectivity index (χ2n) is 6.17. The highest BCUT2D eigenvalue weighted by Gasteiger charge is 2.35. The summed E-state index contributed by atoms with van der Waals surface area (Å²) >= 11 is 0. The molecule has 3 N–H and O–H groups in total. The third-order valence-electron chi connectivity index (χ3n) is 4.34. The highest BCUT2D eigenvalue weighted by molar-refractivity contribution is 5.77. The number of rotatable bonds is 6. The van der Waals surface area contributed by atoms with E-state index < -0.39 is 17.0 Å². The standard InChI is InChI=1S/C14H26N2O4/c1-4-13(2,11(17)18)9-15-12(19)16(3)10-14(20)7-5-6-8-14/h20H,4-10H2,1-3H3,(H,15,19)(H,17,18). The van der Waals surface area contributed by atoms with E-state index in [2.05, 4.69) is 5.32 Å². The number of carbonyl (C=O) groups is 2. The van der Waals surface area contributed by atoms with Crippen molar-refractivity contribution in [3.8, 4) is 0 Å². The van der Waals surface area contributed by atoms with Gasteiger partial charge in [-0.2, -0.15) is 0 Å². The molecule has 0 radical (unpaired) electrons. The van der Waals surface area contributed by atoms with Gasteiger partial charge in [0, 0.05) is 13.6 Å². The Balaban J connectivity index is 2.48. The number of hydrogen-bond donors (Lipinski definition) is 3. The highest BCUT2D eigenvalue weighted by Crippen LogP contribution is 2.30. The summed E-state index contributed by atoms with van der Waals surface area (Å²) in [5.41, 5.74) is -1.74. The zero-order valence-electron chi connectivity index (χ0n) is 12.6. The number of amides is 2. The number of hydrogen-bond acceptors (Lipinski definition) is 3. The van der Waals surface area contributed by atoms with E-state index in [1.165, 1.54) is 4.90 Å². The maximum Gasteiger partial charge on any atom is 0.317 e. The van der Waals surface area contributed by atoms with E-state index in [9.17, 15) is 14.7 Å². The fourth-order valence-electron chi connectivity index (χ4n) is 2.46. The number of nitrogens with one attached hydrogen (secondary N) is 1. The molecule has 0 aromatic rings. The van der Waals surface area contributed by atoms with Gasteiger partial charge in [0.05, 0.1) is 17.6 Å². The van der Waals surface area contributed by atoms with Crippen LogP contribution in [0, 0.1) is 5.41 Å². The molecular weight excluding hydrogens is 260 g/mol. The van der Waals surface area contributed by atoms with Crippen LogP contribution in [0.15, 0.2) is 0 Å². The average Bonchev–Trinajstić information content (AvgIpc) is 2.81. The van der Waals surface area contributed by atoms with Gasteiger partial charge in [-0.1, -0.05) is 19.8 Å². The lowest BCUT2D eigenvalue weighted by Crippen LogP contribution is -2.49. The summed E-state index contributed by atoms with van der Waals surface area (Å²) in [5, 5.41) is 22.0. The molecule has 6 heteroatoms. The molecule has 1 saturated carbocycles. The van der Waals surface area contributed by atoms with Gasteiger partial charge in [0.25, 0.3) is 0 Å². The Bertz CT molecular complexity index is 366. The molecule has 0 bridgehead atoms. The molecule has 1 rings (SSSR count). The van der Waals surface area contributed by atoms with E-state index in [0.29, 0.717) is 19.3 Å². The molecule has 116 valence electrons. The average molecular weight is 286 g/mol. The molecule has 1 aliphatic rings. The summed E-state index contributed by atoms with van der Waals surface area (Å²) in [7, 11) is 1.62. The number of urea groups is 1. The first-order valence-corrected chi connectivity index (χ1v) is 7.17. The SMILES string of the molecule is CCC(C)(CNC(=O)N(C)CC1(O)CCCC1)C(=O)O. The molecule has 0 aromatic carbocycles. The summed E-state index contributed by atoms with van der Waals surface area (Å²) in [4.78, 5) is 24.6. The monoisotopic (exact) mass is 286 g/mol. The van der Waals surface area contributed by atoms with Crippen LogP contribution in [0.5, 0.6) is 0 Å². The summed E-state index contributed by atoms with van der Waals surface area (Å²) in [5.74, 6) is -0.919. The van der Waals surface area contributed by atoms with Gasteiger partial charge >= 0.3 is 12.0 Å². The van der Waals surface area contributed by atoms with Crippen LogP contribution in [0.25, 0.3) is 0 Å². The second-order valence-corrected chi connectivity index (χ2v) is 6.17. The fraction of sp³-hybridized carbons (Fsp3) is 0.857. The van der Waals surface area contributed by atoms with Gasteiger partial charge in [-0.25, -0.2) is 4.79 Å². The van der Waals surface area contributed by atoms with E-state index in [0.717, 1.165) is 12.8 Å². The second kappa shape index (κ2) is 6.43. The van der Waals surface area contributed by atoms with Crippen LogP contribution in [0.3, 0.4) is 0 Å². The van der Waals surface area contributed by atoms with Crippen molar-refractivity contribution in [2.45, 2.75) is 51.6 Å². The van der Waals surface area contributed by atoms with E-state index in [-0.39, 0.29) is 19.1 Å². The molecule has 1 unspecified atom stereocenters. The third-order valence-corrected chi connectivity index (χ3v) is 4.34. The zero-order chi connectivity index (χ0) is 15.4. The number of carboxylic acids is 1. The topological polar surface area (TPSA) is 89.9 Å². The Morgan fingerprint density at radius 1 is 1.35 bits per heavy atom. The van der Waals surface area contributed by atoms with Crippen molar-refractivity contribution in [1.29, 1.82) is 0 Å². The first-order chi connectivity index (χ1) is 9.22. The predicted octanol–water partition coefficient (Wildman–Crippen LogP) is 1.43. The van der Waals surface area contributed by atoms with Crippen molar-refractivity contribution >= 4 is 12.0 Å². The number of likely N-dealkylation sites (N-methyl/N-ethyl adjacent to an activating group) is 1. The third kappa shape index (κ3) is 4.10. The van der Waals surface area contributed by atoms with Crippen LogP contribution in [0.2, 0.25) is 0 Å². The summed E-state index contributed by atoms with van der Waals surface area (Å²) < 4.78 is 0. The van der Waals surface area contributed by atoms with Crippen LogP contribution >= 0.6 is 0 Å². The molecule has 0 heterocycles. The molecule has 0 aromatic heterocycles. The molecule has 0 spiro atoms. The van der Waals surface area contributed by atoms with Gasteiger partial charge in [0.2, 0.25) is 0 Å². The van der Waals surface area contributed by atoms with Gasteiger partial charge < -0.3 is 20.4 Å². The van der Waals surface area contributed by atoms with Crippen molar-refractivity contribution in [1.82, 2.24) is 10.2 Å². The summed E-state index contributed by atoms with van der Waals surface area (Å²) in [6.07, 6.45) is 3.84. The lowest BCUT2D eigenvalue weighted by molar-refractivity contribution is -0.147. The lowest BCUT2D eigenvalue weighted by Gasteiger charge is -2.30. The Morgan fingerprint density at radius 3 is 2.35 bits per heavy atom. The minimum Gasteiger partial charge on any atom is -0.481 e. The Labute approximate surface area is 120 Å². The molecule has 2 amide bonds. The number of carbonyl (C=O) groups excluding carboxylic acids is 1. The summed E-state index contributed by atoms with van der Waals surface area (Å²) in [6.45, 7) is 3.76. The van der Waals surface area contributed by atoms with Gasteiger partial charge in [-0.3, -0.25) is 4.79 Å². The van der Waals surface area contributed by atoms with Crippen molar-refractivity contribution in [3.05, 3.63) is 0 Å². The normalized spacial score (nSPS) is 20.2. The Hall–Kier alpha value is -1.30. The van der Waals surface area contributed by atoms with E-state index >= 15 is 0 Å². The molecule has 1 fully saturated rings. The van der Waals surface area contributed by atoms with Crippen LogP contribution < -0.4 is 5.32 Å². The van der Waals surface area contributed by atoms with E-state index in [4.69, 9.17) is 5.11 Å². The fourth-order valence-corrected chi connectivity index (χ4v) is 2.46. The molecule has 0 aliphatic heterocycles. The number of carboxylic acid groups (broad SMARTS) is 1. The highest BCUT2D eigenvalue weighted by atomic mass is 16.4. The minimum atomic E-state index is -0.958. The maximum atomic E-state index is 12.0. The zero-order valence-corrected chi connectivity index (χ0v) is 12.6. The van der Waals surface area contributed by atoms with Gasteiger partial charge in [0.1, 0.15) is 0 Å².